The minimum atomic E-state index is -0.00917. The zero-order chi connectivity index (χ0) is 32.3. The number of hydrogen-bond donors (Lipinski definition) is 1. The van der Waals surface area contributed by atoms with E-state index in [0.717, 1.165) is 75.1 Å². The monoisotopic (exact) mass is 624 g/mol. The van der Waals surface area contributed by atoms with Crippen molar-refractivity contribution in [1.82, 2.24) is 20.3 Å². The number of carbonyl (C=O) groups excluding carboxylic acids is 2. The van der Waals surface area contributed by atoms with Crippen LogP contribution in [0, 0.1) is 12.8 Å². The number of amides is 1. The standard InChI is InChI=1S/C36H56N4O5/c1-27(2)16-18-43-20-22-45-23-21-44-19-17-36(42)40-33(14-15-34-13-12-30-8-5-6-11-35(30)39-34)10-7-9-31(24-28(3)41)32-25-37-29(4)38-26-32/h12-13,25-27,31,33H,5-11,14-24H2,1-4H3,(H,40,42)/t31-,33?/m0/s1. The molecule has 1 N–H and O–H groups in total. The van der Waals surface area contributed by atoms with E-state index in [1.165, 1.54) is 24.1 Å². The second-order valence-corrected chi connectivity index (χ2v) is 12.8. The summed E-state index contributed by atoms with van der Waals surface area (Å²) in [6.07, 6.45) is 14.3. The van der Waals surface area contributed by atoms with Crippen molar-refractivity contribution in [1.29, 1.82) is 0 Å². The first kappa shape index (κ1) is 36.7. The maximum absolute atomic E-state index is 12.9. The molecule has 2 aromatic heterocycles. The van der Waals surface area contributed by atoms with E-state index in [4.69, 9.17) is 19.2 Å². The highest BCUT2D eigenvalue weighted by Crippen LogP contribution is 2.26. The van der Waals surface area contributed by atoms with Gasteiger partial charge < -0.3 is 24.3 Å². The fourth-order valence-corrected chi connectivity index (χ4v) is 5.66. The van der Waals surface area contributed by atoms with Crippen LogP contribution >= 0.6 is 0 Å². The van der Waals surface area contributed by atoms with Gasteiger partial charge in [-0.15, -0.1) is 0 Å². The van der Waals surface area contributed by atoms with Crippen molar-refractivity contribution in [3.8, 4) is 0 Å². The maximum atomic E-state index is 12.9. The molecule has 0 bridgehead atoms. The topological polar surface area (TPSA) is 113 Å². The largest absolute Gasteiger partial charge is 0.379 e. The van der Waals surface area contributed by atoms with Gasteiger partial charge in [0.2, 0.25) is 5.91 Å². The number of fused-ring (bicyclic) bond motifs is 1. The minimum Gasteiger partial charge on any atom is -0.379 e. The average Bonchev–Trinajstić information content (AvgIpc) is 3.01. The molecule has 0 spiro atoms. The molecule has 2 atom stereocenters. The van der Waals surface area contributed by atoms with Crippen LogP contribution in [-0.4, -0.2) is 72.3 Å². The zero-order valence-corrected chi connectivity index (χ0v) is 28.2. The molecular weight excluding hydrogens is 568 g/mol. The molecule has 1 aliphatic rings. The zero-order valence-electron chi connectivity index (χ0n) is 28.2. The van der Waals surface area contributed by atoms with Crippen LogP contribution in [0.3, 0.4) is 0 Å². The normalized spacial score (nSPS) is 14.2. The predicted molar refractivity (Wildman–Crippen MR) is 176 cm³/mol. The first-order valence-corrected chi connectivity index (χ1v) is 17.1. The van der Waals surface area contributed by atoms with Crippen molar-refractivity contribution >= 4 is 11.7 Å². The van der Waals surface area contributed by atoms with Gasteiger partial charge in [-0.1, -0.05) is 26.3 Å². The number of rotatable bonds is 23. The van der Waals surface area contributed by atoms with Crippen LogP contribution in [-0.2, 0) is 43.1 Å². The quantitative estimate of drug-likeness (QED) is 0.152. The molecular formula is C36H56N4O5. The van der Waals surface area contributed by atoms with E-state index in [9.17, 15) is 9.59 Å². The van der Waals surface area contributed by atoms with E-state index in [1.807, 2.05) is 19.3 Å². The van der Waals surface area contributed by atoms with E-state index in [1.54, 1.807) is 6.92 Å². The number of carbonyl (C=O) groups is 2. The molecule has 250 valence electrons. The highest BCUT2D eigenvalue weighted by atomic mass is 16.5. The van der Waals surface area contributed by atoms with E-state index < -0.39 is 0 Å². The lowest BCUT2D eigenvalue weighted by Crippen LogP contribution is -2.36. The molecule has 0 saturated heterocycles. The summed E-state index contributed by atoms with van der Waals surface area (Å²) >= 11 is 0. The molecule has 0 saturated carbocycles. The molecule has 9 heteroatoms. The third-order valence-electron chi connectivity index (χ3n) is 8.32. The van der Waals surface area contributed by atoms with E-state index in [0.29, 0.717) is 51.8 Å². The SMILES string of the molecule is CC(=O)C[C@H](CCCC(CCc1ccc2c(n1)CCCC2)NC(=O)CCOCCOCCOCCC(C)C)c1cnc(C)nc1. The summed E-state index contributed by atoms with van der Waals surface area (Å²) in [7, 11) is 0. The number of aromatic nitrogens is 3. The first-order chi connectivity index (χ1) is 21.8. The second-order valence-electron chi connectivity index (χ2n) is 12.8. The third-order valence-corrected chi connectivity index (χ3v) is 8.32. The first-order valence-electron chi connectivity index (χ1n) is 17.1. The van der Waals surface area contributed by atoms with E-state index in [2.05, 4.69) is 41.3 Å². The van der Waals surface area contributed by atoms with Crippen molar-refractivity contribution in [2.75, 3.05) is 39.6 Å². The average molecular weight is 625 g/mol. The lowest BCUT2D eigenvalue weighted by Gasteiger charge is -2.21. The van der Waals surface area contributed by atoms with Crippen LogP contribution in [0.25, 0.3) is 0 Å². The van der Waals surface area contributed by atoms with Gasteiger partial charge in [-0.25, -0.2) is 9.97 Å². The molecule has 1 unspecified atom stereocenters. The Balaban J connectivity index is 1.45. The fraction of sp³-hybridized carbons (Fsp3) is 0.694. The summed E-state index contributed by atoms with van der Waals surface area (Å²) in [6, 6.07) is 4.40. The van der Waals surface area contributed by atoms with Gasteiger partial charge in [0.05, 0.1) is 33.0 Å². The minimum absolute atomic E-state index is 0.00917. The van der Waals surface area contributed by atoms with Crippen molar-refractivity contribution < 1.29 is 23.8 Å². The molecule has 1 amide bonds. The van der Waals surface area contributed by atoms with Crippen LogP contribution in [0.2, 0.25) is 0 Å². The third kappa shape index (κ3) is 15.4. The van der Waals surface area contributed by atoms with E-state index in [-0.39, 0.29) is 23.7 Å². The van der Waals surface area contributed by atoms with Gasteiger partial charge in [-0.05, 0) is 101 Å². The number of pyridine rings is 1. The number of nitrogens with one attached hydrogen (secondary N) is 1. The highest BCUT2D eigenvalue weighted by Gasteiger charge is 2.19. The molecule has 0 aromatic carbocycles. The summed E-state index contributed by atoms with van der Waals surface area (Å²) < 4.78 is 16.8. The number of aryl methyl sites for hydroxylation is 4. The molecule has 2 heterocycles. The Labute approximate surface area is 270 Å². The smallest absolute Gasteiger partial charge is 0.222 e. The highest BCUT2D eigenvalue weighted by molar-refractivity contribution is 5.76. The molecule has 0 radical (unpaired) electrons. The molecule has 45 heavy (non-hydrogen) atoms. The second kappa shape index (κ2) is 21.1. The Kier molecular flexibility index (Phi) is 17.2. The van der Waals surface area contributed by atoms with Crippen LogP contribution in [0.15, 0.2) is 24.5 Å². The number of Topliss-reactive ketones (excluding diaryl/α,β-unsaturated/α-hetero) is 1. The fourth-order valence-electron chi connectivity index (χ4n) is 5.66. The van der Waals surface area contributed by atoms with Crippen molar-refractivity contribution in [2.24, 2.45) is 5.92 Å². The molecule has 2 aromatic rings. The van der Waals surface area contributed by atoms with Crippen molar-refractivity contribution in [2.45, 2.75) is 117 Å². The van der Waals surface area contributed by atoms with Gasteiger partial charge >= 0.3 is 0 Å². The lowest BCUT2D eigenvalue weighted by molar-refractivity contribution is -0.123. The van der Waals surface area contributed by atoms with Gasteiger partial charge in [0.1, 0.15) is 11.6 Å². The molecule has 0 fully saturated rings. The number of ketones is 1. The molecule has 9 nitrogen and oxygen atoms in total. The summed E-state index contributed by atoms with van der Waals surface area (Å²) in [6.45, 7) is 11.0. The Hall–Kier alpha value is -2.75. The van der Waals surface area contributed by atoms with Crippen LogP contribution in [0.5, 0.6) is 0 Å². The van der Waals surface area contributed by atoms with Crippen molar-refractivity contribution in [3.63, 3.8) is 0 Å². The van der Waals surface area contributed by atoms with Crippen LogP contribution in [0.4, 0.5) is 0 Å². The Morgan fingerprint density at radius 2 is 1.56 bits per heavy atom. The van der Waals surface area contributed by atoms with Gasteiger partial charge in [-0.2, -0.15) is 0 Å². The Morgan fingerprint density at radius 1 is 0.867 bits per heavy atom. The van der Waals surface area contributed by atoms with Gasteiger partial charge in [0, 0.05) is 49.3 Å². The Morgan fingerprint density at radius 3 is 2.27 bits per heavy atom. The predicted octanol–water partition coefficient (Wildman–Crippen LogP) is 5.90. The van der Waals surface area contributed by atoms with Gasteiger partial charge in [0.25, 0.3) is 0 Å². The summed E-state index contributed by atoms with van der Waals surface area (Å²) in [5.74, 6) is 1.58. The summed E-state index contributed by atoms with van der Waals surface area (Å²) in [4.78, 5) is 38.6. The number of ether oxygens (including phenoxy) is 3. The maximum Gasteiger partial charge on any atom is 0.222 e. The van der Waals surface area contributed by atoms with Crippen LogP contribution < -0.4 is 5.32 Å². The summed E-state index contributed by atoms with van der Waals surface area (Å²) in [5, 5.41) is 3.26. The van der Waals surface area contributed by atoms with Gasteiger partial charge in [0.15, 0.2) is 0 Å². The lowest BCUT2D eigenvalue weighted by atomic mass is 9.89. The Bertz CT molecular complexity index is 1140. The molecule has 1 aliphatic carbocycles. The van der Waals surface area contributed by atoms with E-state index >= 15 is 0 Å². The van der Waals surface area contributed by atoms with Crippen LogP contribution in [0.1, 0.15) is 113 Å². The molecule has 3 rings (SSSR count). The number of nitrogens with zero attached hydrogens (tertiary/aromatic N) is 3. The summed E-state index contributed by atoms with van der Waals surface area (Å²) in [5.41, 5.74) is 4.71. The number of hydrogen-bond acceptors (Lipinski definition) is 8. The van der Waals surface area contributed by atoms with Crippen molar-refractivity contribution in [3.05, 3.63) is 52.9 Å². The molecule has 0 aliphatic heterocycles. The van der Waals surface area contributed by atoms with Gasteiger partial charge in [-0.3, -0.25) is 9.78 Å².